The molecule has 0 atom stereocenters. The summed E-state index contributed by atoms with van der Waals surface area (Å²) in [6.45, 7) is 7.94. The first-order valence-electron chi connectivity index (χ1n) is 8.48. The molecule has 0 spiro atoms. The fraction of sp³-hybridized carbons (Fsp3) is 0.833. The zero-order chi connectivity index (χ0) is 14.8. The van der Waals surface area contributed by atoms with E-state index in [4.69, 9.17) is 0 Å². The molecule has 1 saturated carbocycles. The first kappa shape index (κ1) is 17.8. The van der Waals surface area contributed by atoms with Gasteiger partial charge in [0.1, 0.15) is 0 Å². The van der Waals surface area contributed by atoms with Gasteiger partial charge in [-0.25, -0.2) is 0 Å². The third kappa shape index (κ3) is 6.47. The lowest BCUT2D eigenvalue weighted by Gasteiger charge is -2.33. The lowest BCUT2D eigenvalue weighted by molar-refractivity contribution is -0.107. The Hall–Kier alpha value is -0.240. The molecule has 0 bridgehead atoms. The van der Waals surface area contributed by atoms with Crippen LogP contribution in [0.4, 0.5) is 0 Å². The number of carbonyl (C=O) groups excluding carboxylic acids is 1. The van der Waals surface area contributed by atoms with Crippen molar-refractivity contribution in [2.75, 3.05) is 0 Å². The second kappa shape index (κ2) is 9.65. The molecule has 1 aliphatic rings. The van der Waals surface area contributed by atoms with Crippen molar-refractivity contribution in [1.82, 2.24) is 0 Å². The van der Waals surface area contributed by atoms with Gasteiger partial charge in [0.25, 0.3) is 0 Å². The van der Waals surface area contributed by atoms with Gasteiger partial charge in [0.2, 0.25) is 5.12 Å². The van der Waals surface area contributed by atoms with Crippen molar-refractivity contribution >= 4 is 16.9 Å². The zero-order valence-electron chi connectivity index (χ0n) is 13.5. The SMILES string of the molecule is C=C(C)C(=O)SC1(CCCC)CCCCCCCCC1. The fourth-order valence-electron chi connectivity index (χ4n) is 3.09. The van der Waals surface area contributed by atoms with E-state index in [1.54, 1.807) is 11.8 Å². The van der Waals surface area contributed by atoms with Crippen molar-refractivity contribution in [3.05, 3.63) is 12.2 Å². The van der Waals surface area contributed by atoms with Crippen LogP contribution in [0.5, 0.6) is 0 Å². The number of thioether (sulfide) groups is 1. The first-order valence-corrected chi connectivity index (χ1v) is 9.30. The highest BCUT2D eigenvalue weighted by molar-refractivity contribution is 8.15. The Labute approximate surface area is 130 Å². The number of carbonyl (C=O) groups is 1. The topological polar surface area (TPSA) is 17.1 Å². The Morgan fingerprint density at radius 2 is 1.55 bits per heavy atom. The van der Waals surface area contributed by atoms with Gasteiger partial charge in [-0.2, -0.15) is 0 Å². The predicted octanol–water partition coefficient (Wildman–Crippen LogP) is 6.28. The van der Waals surface area contributed by atoms with Gasteiger partial charge < -0.3 is 0 Å². The molecule has 0 radical (unpaired) electrons. The molecule has 0 aromatic rings. The van der Waals surface area contributed by atoms with E-state index < -0.39 is 0 Å². The monoisotopic (exact) mass is 296 g/mol. The lowest BCUT2D eigenvalue weighted by Crippen LogP contribution is -2.27. The van der Waals surface area contributed by atoms with Crippen LogP contribution in [-0.2, 0) is 4.79 Å². The minimum absolute atomic E-state index is 0.198. The normalized spacial score (nSPS) is 20.3. The van der Waals surface area contributed by atoms with Crippen LogP contribution in [0, 0.1) is 0 Å². The third-order valence-electron chi connectivity index (χ3n) is 4.41. The summed E-state index contributed by atoms with van der Waals surface area (Å²) in [5.41, 5.74) is 0.711. The molecule has 2 heteroatoms. The van der Waals surface area contributed by atoms with Crippen molar-refractivity contribution in [1.29, 1.82) is 0 Å². The predicted molar refractivity (Wildman–Crippen MR) is 91.2 cm³/mol. The Morgan fingerprint density at radius 3 is 2.00 bits per heavy atom. The molecule has 0 aromatic carbocycles. The Bertz CT molecular complexity index is 299. The van der Waals surface area contributed by atoms with Gasteiger partial charge in [-0.1, -0.05) is 83.1 Å². The maximum absolute atomic E-state index is 12.2. The third-order valence-corrected chi connectivity index (χ3v) is 5.99. The van der Waals surface area contributed by atoms with Crippen molar-refractivity contribution in [3.8, 4) is 0 Å². The molecule has 0 saturated heterocycles. The van der Waals surface area contributed by atoms with Crippen LogP contribution in [0.25, 0.3) is 0 Å². The summed E-state index contributed by atoms with van der Waals surface area (Å²) in [6, 6.07) is 0. The average Bonchev–Trinajstić information content (AvgIpc) is 2.43. The van der Waals surface area contributed by atoms with E-state index in [1.165, 1.54) is 77.0 Å². The molecule has 1 fully saturated rings. The largest absolute Gasteiger partial charge is 0.282 e. The fourth-order valence-corrected chi connectivity index (χ4v) is 4.40. The van der Waals surface area contributed by atoms with E-state index in [9.17, 15) is 4.79 Å². The van der Waals surface area contributed by atoms with Crippen LogP contribution in [-0.4, -0.2) is 9.86 Å². The van der Waals surface area contributed by atoms with Gasteiger partial charge in [0.05, 0.1) is 0 Å². The smallest absolute Gasteiger partial charge is 0.214 e. The van der Waals surface area contributed by atoms with Gasteiger partial charge in [-0.05, 0) is 31.8 Å². The summed E-state index contributed by atoms with van der Waals surface area (Å²) in [7, 11) is 0. The van der Waals surface area contributed by atoms with Crippen molar-refractivity contribution in [2.24, 2.45) is 0 Å². The summed E-state index contributed by atoms with van der Waals surface area (Å²) in [6.07, 6.45) is 15.5. The van der Waals surface area contributed by atoms with E-state index in [2.05, 4.69) is 13.5 Å². The van der Waals surface area contributed by atoms with E-state index in [-0.39, 0.29) is 9.86 Å². The minimum Gasteiger partial charge on any atom is -0.282 e. The quantitative estimate of drug-likeness (QED) is 0.556. The molecular formula is C18H32OS. The summed E-state index contributed by atoms with van der Waals surface area (Å²) in [5, 5.41) is 0.221. The number of unbranched alkanes of at least 4 members (excludes halogenated alkanes) is 1. The van der Waals surface area contributed by atoms with Crippen molar-refractivity contribution in [3.63, 3.8) is 0 Å². The van der Waals surface area contributed by atoms with E-state index >= 15 is 0 Å². The van der Waals surface area contributed by atoms with Crippen LogP contribution in [0.1, 0.15) is 90.9 Å². The van der Waals surface area contributed by atoms with E-state index in [1.807, 2.05) is 6.92 Å². The molecule has 1 aliphatic carbocycles. The number of hydrogen-bond acceptors (Lipinski definition) is 2. The van der Waals surface area contributed by atoms with Crippen LogP contribution in [0.15, 0.2) is 12.2 Å². The standard InChI is InChI=1S/C18H32OS/c1-4-5-13-18(20-17(19)16(2)3)14-11-9-7-6-8-10-12-15-18/h2,4-15H2,1,3H3. The van der Waals surface area contributed by atoms with Gasteiger partial charge >= 0.3 is 0 Å². The van der Waals surface area contributed by atoms with Crippen LogP contribution in [0.3, 0.4) is 0 Å². The maximum Gasteiger partial charge on any atom is 0.214 e. The molecule has 1 rings (SSSR count). The van der Waals surface area contributed by atoms with Gasteiger partial charge in [-0.3, -0.25) is 4.79 Å². The van der Waals surface area contributed by atoms with Crippen LogP contribution >= 0.6 is 11.8 Å². The summed E-state index contributed by atoms with van der Waals surface area (Å²) >= 11 is 1.62. The highest BCUT2D eigenvalue weighted by Gasteiger charge is 2.32. The van der Waals surface area contributed by atoms with E-state index in [0.717, 1.165) is 0 Å². The first-order chi connectivity index (χ1) is 9.59. The highest BCUT2D eigenvalue weighted by atomic mass is 32.2. The molecule has 0 heterocycles. The number of hydrogen-bond donors (Lipinski definition) is 0. The molecule has 116 valence electrons. The molecule has 20 heavy (non-hydrogen) atoms. The molecule has 0 aromatic heterocycles. The average molecular weight is 297 g/mol. The van der Waals surface area contributed by atoms with E-state index in [0.29, 0.717) is 5.57 Å². The Morgan fingerprint density at radius 1 is 1.05 bits per heavy atom. The Balaban J connectivity index is 2.74. The molecule has 0 amide bonds. The van der Waals surface area contributed by atoms with Crippen LogP contribution in [0.2, 0.25) is 0 Å². The lowest BCUT2D eigenvalue weighted by atomic mass is 9.87. The summed E-state index contributed by atoms with van der Waals surface area (Å²) in [5.74, 6) is 0. The van der Waals surface area contributed by atoms with Crippen LogP contribution < -0.4 is 0 Å². The van der Waals surface area contributed by atoms with Gasteiger partial charge in [0.15, 0.2) is 0 Å². The van der Waals surface area contributed by atoms with Crippen molar-refractivity contribution in [2.45, 2.75) is 95.6 Å². The van der Waals surface area contributed by atoms with Gasteiger partial charge in [-0.15, -0.1) is 0 Å². The minimum atomic E-state index is 0.198. The highest BCUT2D eigenvalue weighted by Crippen LogP contribution is 2.42. The molecular weight excluding hydrogens is 264 g/mol. The molecule has 0 unspecified atom stereocenters. The maximum atomic E-state index is 12.2. The zero-order valence-corrected chi connectivity index (χ0v) is 14.3. The van der Waals surface area contributed by atoms with Crippen molar-refractivity contribution < 1.29 is 4.79 Å². The summed E-state index contributed by atoms with van der Waals surface area (Å²) in [4.78, 5) is 12.2. The molecule has 0 N–H and O–H groups in total. The Kier molecular flexibility index (Phi) is 8.60. The second-order valence-electron chi connectivity index (χ2n) is 6.43. The van der Waals surface area contributed by atoms with Gasteiger partial charge in [0, 0.05) is 4.75 Å². The number of rotatable bonds is 5. The summed E-state index contributed by atoms with van der Waals surface area (Å²) < 4.78 is 0.198. The molecule has 1 nitrogen and oxygen atoms in total. The second-order valence-corrected chi connectivity index (χ2v) is 7.87. The molecule has 0 aliphatic heterocycles.